The van der Waals surface area contributed by atoms with Gasteiger partial charge in [-0.2, -0.15) is 0 Å². The maximum atomic E-state index is 5.52. The molecule has 1 aromatic carbocycles. The third kappa shape index (κ3) is 3.86. The topological polar surface area (TPSA) is 69.4 Å². The van der Waals surface area contributed by atoms with Crippen molar-refractivity contribution in [3.8, 4) is 11.5 Å². The summed E-state index contributed by atoms with van der Waals surface area (Å²) in [4.78, 5) is 4.28. The second kappa shape index (κ2) is 7.35. The second-order valence-electron chi connectivity index (χ2n) is 4.07. The minimum absolute atomic E-state index is 0.506. The molecule has 0 unspecified atom stereocenters. The van der Waals surface area contributed by atoms with Crippen molar-refractivity contribution in [1.82, 2.24) is 4.98 Å². The molecule has 3 N–H and O–H groups in total. The highest BCUT2D eigenvalue weighted by atomic mass is 16.5. The largest absolute Gasteiger partial charge is 0.492 e. The molecule has 0 atom stereocenters. The molecule has 1 aromatic heterocycles. The van der Waals surface area contributed by atoms with Gasteiger partial charge in [0.2, 0.25) is 0 Å². The number of hydrogen-bond donors (Lipinski definition) is 2. The summed E-state index contributed by atoms with van der Waals surface area (Å²) in [7, 11) is 0. The Kier molecular flexibility index (Phi) is 5.20. The fourth-order valence-corrected chi connectivity index (χ4v) is 1.70. The third-order valence-electron chi connectivity index (χ3n) is 2.57. The van der Waals surface area contributed by atoms with Crippen LogP contribution in [0.15, 0.2) is 42.6 Å². The Balaban J connectivity index is 2.06. The molecule has 1 heterocycles. The van der Waals surface area contributed by atoms with Crippen molar-refractivity contribution in [1.29, 1.82) is 0 Å². The number of nitrogens with zero attached hydrogens (tertiary/aromatic N) is 1. The lowest BCUT2D eigenvalue weighted by Gasteiger charge is -2.11. The van der Waals surface area contributed by atoms with E-state index in [1.165, 1.54) is 0 Å². The number of aromatic nitrogens is 1. The molecule has 2 rings (SSSR count). The predicted octanol–water partition coefficient (Wildman–Crippen LogP) is 2.56. The van der Waals surface area contributed by atoms with E-state index in [0.29, 0.717) is 25.6 Å². The monoisotopic (exact) mass is 273 g/mol. The van der Waals surface area contributed by atoms with Crippen LogP contribution in [0.1, 0.15) is 6.92 Å². The van der Waals surface area contributed by atoms with Crippen LogP contribution in [0.25, 0.3) is 0 Å². The molecule has 0 saturated heterocycles. The van der Waals surface area contributed by atoms with E-state index in [4.69, 9.17) is 15.2 Å². The lowest BCUT2D eigenvalue weighted by molar-refractivity contribution is 0.328. The van der Waals surface area contributed by atoms with Gasteiger partial charge in [-0.3, -0.25) is 0 Å². The summed E-state index contributed by atoms with van der Waals surface area (Å²) in [6, 6.07) is 11.4. The molecule has 0 amide bonds. The average Bonchev–Trinajstić information content (AvgIpc) is 2.49. The van der Waals surface area contributed by atoms with Crippen molar-refractivity contribution in [2.75, 3.05) is 25.1 Å². The van der Waals surface area contributed by atoms with Crippen molar-refractivity contribution in [3.63, 3.8) is 0 Å². The average molecular weight is 273 g/mol. The maximum absolute atomic E-state index is 5.52. The normalized spacial score (nSPS) is 10.1. The minimum atomic E-state index is 0.506. The molecule has 0 radical (unpaired) electrons. The van der Waals surface area contributed by atoms with Gasteiger partial charge in [0, 0.05) is 18.4 Å². The Morgan fingerprint density at radius 3 is 2.65 bits per heavy atom. The zero-order chi connectivity index (χ0) is 14.2. The van der Waals surface area contributed by atoms with Gasteiger partial charge in [-0.05, 0) is 43.3 Å². The summed E-state index contributed by atoms with van der Waals surface area (Å²) in [5.74, 6) is 2.23. The van der Waals surface area contributed by atoms with Crippen LogP contribution in [-0.4, -0.2) is 24.7 Å². The first kappa shape index (κ1) is 14.1. The maximum Gasteiger partial charge on any atom is 0.173 e. The van der Waals surface area contributed by atoms with Crippen LogP contribution in [0.2, 0.25) is 0 Å². The molecule has 0 fully saturated rings. The molecule has 0 aliphatic carbocycles. The molecule has 0 saturated carbocycles. The van der Waals surface area contributed by atoms with E-state index in [2.05, 4.69) is 10.3 Å². The van der Waals surface area contributed by atoms with E-state index in [9.17, 15) is 0 Å². The Bertz CT molecular complexity index is 529. The molecular formula is C15H19N3O2. The molecule has 0 bridgehead atoms. The summed E-state index contributed by atoms with van der Waals surface area (Å²) in [6.07, 6.45) is 1.73. The van der Waals surface area contributed by atoms with E-state index in [0.717, 1.165) is 17.2 Å². The molecule has 2 aromatic rings. The minimum Gasteiger partial charge on any atom is -0.492 e. The van der Waals surface area contributed by atoms with Gasteiger partial charge < -0.3 is 20.5 Å². The van der Waals surface area contributed by atoms with Gasteiger partial charge in [-0.25, -0.2) is 4.98 Å². The number of pyridine rings is 1. The first-order valence-electron chi connectivity index (χ1n) is 6.61. The summed E-state index contributed by atoms with van der Waals surface area (Å²) in [6.45, 7) is 3.57. The van der Waals surface area contributed by atoms with Crippen LogP contribution in [-0.2, 0) is 0 Å². The van der Waals surface area contributed by atoms with Gasteiger partial charge in [0.1, 0.15) is 12.4 Å². The number of ether oxygens (including phenoxy) is 2. The Morgan fingerprint density at radius 1 is 1.15 bits per heavy atom. The number of anilines is 2. The van der Waals surface area contributed by atoms with Gasteiger partial charge in [-0.15, -0.1) is 0 Å². The number of nitrogens with one attached hydrogen (secondary N) is 1. The molecule has 106 valence electrons. The summed E-state index contributed by atoms with van der Waals surface area (Å²) < 4.78 is 11.0. The highest BCUT2D eigenvalue weighted by Gasteiger charge is 2.04. The van der Waals surface area contributed by atoms with Crippen LogP contribution in [0.3, 0.4) is 0 Å². The van der Waals surface area contributed by atoms with E-state index in [-0.39, 0.29) is 0 Å². The Hall–Kier alpha value is -2.27. The van der Waals surface area contributed by atoms with Gasteiger partial charge in [-0.1, -0.05) is 0 Å². The van der Waals surface area contributed by atoms with Gasteiger partial charge >= 0.3 is 0 Å². The third-order valence-corrected chi connectivity index (χ3v) is 2.57. The highest BCUT2D eigenvalue weighted by Crippen LogP contribution is 2.25. The number of benzene rings is 1. The first-order chi connectivity index (χ1) is 9.83. The predicted molar refractivity (Wildman–Crippen MR) is 79.7 cm³/mol. The zero-order valence-corrected chi connectivity index (χ0v) is 11.5. The molecule has 20 heavy (non-hydrogen) atoms. The number of nitrogens with two attached hydrogens (primary N) is 1. The molecule has 0 aliphatic heterocycles. The van der Waals surface area contributed by atoms with Crippen molar-refractivity contribution >= 4 is 11.5 Å². The van der Waals surface area contributed by atoms with Crippen molar-refractivity contribution in [2.24, 2.45) is 5.73 Å². The van der Waals surface area contributed by atoms with E-state index in [1.807, 2.05) is 43.3 Å². The first-order valence-corrected chi connectivity index (χ1v) is 6.61. The Morgan fingerprint density at radius 2 is 1.95 bits per heavy atom. The van der Waals surface area contributed by atoms with E-state index in [1.54, 1.807) is 6.20 Å². The van der Waals surface area contributed by atoms with Crippen molar-refractivity contribution in [3.05, 3.63) is 42.6 Å². The van der Waals surface area contributed by atoms with Crippen LogP contribution in [0.4, 0.5) is 11.5 Å². The quantitative estimate of drug-likeness (QED) is 0.811. The molecule has 5 heteroatoms. The van der Waals surface area contributed by atoms with Crippen LogP contribution >= 0.6 is 0 Å². The fraction of sp³-hybridized carbons (Fsp3) is 0.267. The van der Waals surface area contributed by atoms with Crippen LogP contribution in [0.5, 0.6) is 11.5 Å². The van der Waals surface area contributed by atoms with Crippen molar-refractivity contribution < 1.29 is 9.47 Å². The SMILES string of the molecule is CCOc1cccnc1Nc1ccc(OCCN)cc1. The van der Waals surface area contributed by atoms with Gasteiger partial charge in [0.25, 0.3) is 0 Å². The lowest BCUT2D eigenvalue weighted by Crippen LogP contribution is -2.10. The van der Waals surface area contributed by atoms with E-state index >= 15 is 0 Å². The molecule has 0 aliphatic rings. The Labute approximate surface area is 118 Å². The number of hydrogen-bond acceptors (Lipinski definition) is 5. The standard InChI is InChI=1S/C15H19N3O2/c1-2-19-14-4-3-10-17-15(14)18-12-5-7-13(8-6-12)20-11-9-16/h3-8,10H,2,9,11,16H2,1H3,(H,17,18). The van der Waals surface area contributed by atoms with E-state index < -0.39 is 0 Å². The molecular weight excluding hydrogens is 254 g/mol. The summed E-state index contributed by atoms with van der Waals surface area (Å²) >= 11 is 0. The number of rotatable bonds is 7. The molecule has 0 spiro atoms. The fourth-order valence-electron chi connectivity index (χ4n) is 1.70. The molecule has 5 nitrogen and oxygen atoms in total. The zero-order valence-electron chi connectivity index (χ0n) is 11.5. The van der Waals surface area contributed by atoms with Gasteiger partial charge in [0.05, 0.1) is 6.61 Å². The highest BCUT2D eigenvalue weighted by molar-refractivity contribution is 5.62. The van der Waals surface area contributed by atoms with Crippen LogP contribution in [0, 0.1) is 0 Å². The summed E-state index contributed by atoms with van der Waals surface area (Å²) in [5.41, 5.74) is 6.32. The van der Waals surface area contributed by atoms with Crippen LogP contribution < -0.4 is 20.5 Å². The van der Waals surface area contributed by atoms with Gasteiger partial charge in [0.15, 0.2) is 11.6 Å². The lowest BCUT2D eigenvalue weighted by atomic mass is 10.3. The second-order valence-corrected chi connectivity index (χ2v) is 4.07. The summed E-state index contributed by atoms with van der Waals surface area (Å²) in [5, 5.41) is 3.22. The smallest absolute Gasteiger partial charge is 0.173 e. The van der Waals surface area contributed by atoms with Crippen molar-refractivity contribution in [2.45, 2.75) is 6.92 Å².